The van der Waals surface area contributed by atoms with E-state index >= 15 is 0 Å². The normalized spacial score (nSPS) is 16.1. The number of hydrogen-bond acceptors (Lipinski definition) is 3. The molecule has 0 fully saturated rings. The summed E-state index contributed by atoms with van der Waals surface area (Å²) in [6.45, 7) is 0. The second-order valence-electron chi connectivity index (χ2n) is 3.51. The van der Waals surface area contributed by atoms with Gasteiger partial charge in [0.05, 0.1) is 11.3 Å². The van der Waals surface area contributed by atoms with Crippen LogP contribution in [0.2, 0.25) is 0 Å². The van der Waals surface area contributed by atoms with E-state index < -0.39 is 5.97 Å². The van der Waals surface area contributed by atoms with Crippen LogP contribution < -0.4 is 5.32 Å². The maximum Gasteiger partial charge on any atom is 0.338 e. The van der Waals surface area contributed by atoms with Gasteiger partial charge in [-0.2, -0.15) is 0 Å². The third-order valence-electron chi connectivity index (χ3n) is 2.42. The average molecular weight is 225 g/mol. The number of thiophene rings is 1. The molecule has 2 heterocycles. The molecule has 1 aromatic rings. The molecule has 2 rings (SSSR count). The standard InChI is InChI=1S/C10H11NO3S/c12-8-4-2-1-3-7-9(11-8)6(5-15-7)10(13)14/h5H,1-4H2,(H,11,12)(H,13,14). The highest BCUT2D eigenvalue weighted by atomic mass is 32.1. The third-order valence-corrected chi connectivity index (χ3v) is 3.47. The molecule has 15 heavy (non-hydrogen) atoms. The van der Waals surface area contributed by atoms with Crippen LogP contribution >= 0.6 is 11.3 Å². The van der Waals surface area contributed by atoms with Crippen molar-refractivity contribution in [2.75, 3.05) is 5.32 Å². The van der Waals surface area contributed by atoms with Crippen molar-refractivity contribution < 1.29 is 14.7 Å². The maximum atomic E-state index is 11.4. The van der Waals surface area contributed by atoms with E-state index in [1.165, 1.54) is 11.3 Å². The Bertz CT molecular complexity index is 411. The fourth-order valence-corrected chi connectivity index (χ4v) is 2.67. The number of carboxylic acid groups (broad SMARTS) is 1. The third kappa shape index (κ3) is 2.02. The van der Waals surface area contributed by atoms with E-state index in [1.807, 2.05) is 0 Å². The van der Waals surface area contributed by atoms with Crippen molar-refractivity contribution in [2.24, 2.45) is 0 Å². The number of carbonyl (C=O) groups is 2. The number of rotatable bonds is 1. The van der Waals surface area contributed by atoms with Crippen LogP contribution in [0, 0.1) is 0 Å². The number of carbonyl (C=O) groups excluding carboxylic acids is 1. The molecule has 1 aliphatic heterocycles. The average Bonchev–Trinajstić information content (AvgIpc) is 2.52. The van der Waals surface area contributed by atoms with E-state index in [9.17, 15) is 9.59 Å². The molecule has 4 nitrogen and oxygen atoms in total. The summed E-state index contributed by atoms with van der Waals surface area (Å²) in [5.74, 6) is -1.06. The molecule has 0 atom stereocenters. The summed E-state index contributed by atoms with van der Waals surface area (Å²) in [5, 5.41) is 13.2. The molecule has 80 valence electrons. The highest BCUT2D eigenvalue weighted by Gasteiger charge is 2.20. The first-order valence-electron chi connectivity index (χ1n) is 4.82. The molecule has 5 heteroatoms. The molecule has 0 aromatic carbocycles. The monoisotopic (exact) mass is 225 g/mol. The molecule has 0 radical (unpaired) electrons. The predicted molar refractivity (Wildman–Crippen MR) is 57.5 cm³/mol. The smallest absolute Gasteiger partial charge is 0.338 e. The summed E-state index contributed by atoms with van der Waals surface area (Å²) in [6, 6.07) is 0. The quantitative estimate of drug-likeness (QED) is 0.769. The van der Waals surface area contributed by atoms with E-state index in [2.05, 4.69) is 5.32 Å². The SMILES string of the molecule is O=C1CCCCc2scc(C(=O)O)c2N1. The Hall–Kier alpha value is -1.36. The van der Waals surface area contributed by atoms with Crippen molar-refractivity contribution >= 4 is 28.9 Å². The number of nitrogens with one attached hydrogen (secondary N) is 1. The highest BCUT2D eigenvalue weighted by Crippen LogP contribution is 2.31. The molecule has 0 unspecified atom stereocenters. The molecular weight excluding hydrogens is 214 g/mol. The summed E-state index contributed by atoms with van der Waals surface area (Å²) in [7, 11) is 0. The fraction of sp³-hybridized carbons (Fsp3) is 0.400. The van der Waals surface area contributed by atoms with Crippen LogP contribution in [-0.4, -0.2) is 17.0 Å². The summed E-state index contributed by atoms with van der Waals surface area (Å²) in [6.07, 6.45) is 3.15. The second-order valence-corrected chi connectivity index (χ2v) is 4.47. The van der Waals surface area contributed by atoms with E-state index in [0.717, 1.165) is 24.1 Å². The van der Waals surface area contributed by atoms with Gasteiger partial charge in [-0.25, -0.2) is 4.79 Å². The largest absolute Gasteiger partial charge is 0.478 e. The molecule has 0 spiro atoms. The van der Waals surface area contributed by atoms with Crippen LogP contribution in [0.4, 0.5) is 5.69 Å². The number of amides is 1. The van der Waals surface area contributed by atoms with E-state index in [4.69, 9.17) is 5.11 Å². The zero-order valence-corrected chi connectivity index (χ0v) is 8.89. The Morgan fingerprint density at radius 3 is 2.87 bits per heavy atom. The minimum atomic E-state index is -0.978. The van der Waals surface area contributed by atoms with Crippen LogP contribution in [0.5, 0.6) is 0 Å². The van der Waals surface area contributed by atoms with Crippen molar-refractivity contribution in [3.05, 3.63) is 15.8 Å². The van der Waals surface area contributed by atoms with Gasteiger partial charge in [0.15, 0.2) is 0 Å². The number of anilines is 1. The van der Waals surface area contributed by atoms with Crippen LogP contribution in [0.1, 0.15) is 34.5 Å². The summed E-state index contributed by atoms with van der Waals surface area (Å²) < 4.78 is 0. The van der Waals surface area contributed by atoms with Crippen molar-refractivity contribution in [1.82, 2.24) is 0 Å². The lowest BCUT2D eigenvalue weighted by molar-refractivity contribution is -0.116. The highest BCUT2D eigenvalue weighted by molar-refractivity contribution is 7.11. The van der Waals surface area contributed by atoms with Gasteiger partial charge >= 0.3 is 5.97 Å². The van der Waals surface area contributed by atoms with Crippen molar-refractivity contribution in [3.8, 4) is 0 Å². The lowest BCUT2D eigenvalue weighted by Gasteiger charge is -2.11. The van der Waals surface area contributed by atoms with Crippen molar-refractivity contribution in [1.29, 1.82) is 0 Å². The van der Waals surface area contributed by atoms with Crippen LogP contribution in [-0.2, 0) is 11.2 Å². The summed E-state index contributed by atoms with van der Waals surface area (Å²) >= 11 is 1.41. The topological polar surface area (TPSA) is 66.4 Å². The van der Waals surface area contributed by atoms with Gasteiger partial charge in [0.2, 0.25) is 5.91 Å². The van der Waals surface area contributed by atoms with Gasteiger partial charge < -0.3 is 10.4 Å². The molecule has 2 N–H and O–H groups in total. The van der Waals surface area contributed by atoms with Crippen LogP contribution in [0.25, 0.3) is 0 Å². The van der Waals surface area contributed by atoms with Gasteiger partial charge in [-0.15, -0.1) is 11.3 Å². The lowest BCUT2D eigenvalue weighted by Crippen LogP contribution is -2.16. The Labute approximate surface area is 90.9 Å². The second kappa shape index (κ2) is 4.02. The number of carboxylic acids is 1. The molecule has 0 saturated carbocycles. The number of fused-ring (bicyclic) bond motifs is 1. The zero-order valence-electron chi connectivity index (χ0n) is 8.08. The van der Waals surface area contributed by atoms with E-state index in [1.54, 1.807) is 5.38 Å². The molecule has 0 aliphatic carbocycles. The van der Waals surface area contributed by atoms with Crippen LogP contribution in [0.3, 0.4) is 0 Å². The lowest BCUT2D eigenvalue weighted by atomic mass is 10.1. The van der Waals surface area contributed by atoms with Gasteiger partial charge in [0.25, 0.3) is 0 Å². The Morgan fingerprint density at radius 2 is 2.13 bits per heavy atom. The molecular formula is C10H11NO3S. The molecule has 1 amide bonds. The summed E-state index contributed by atoms with van der Waals surface area (Å²) in [5.41, 5.74) is 0.724. The van der Waals surface area contributed by atoms with Crippen molar-refractivity contribution in [2.45, 2.75) is 25.7 Å². The Balaban J connectivity index is 2.39. The van der Waals surface area contributed by atoms with Gasteiger partial charge in [0, 0.05) is 16.7 Å². The first-order chi connectivity index (χ1) is 7.18. The number of hydrogen-bond donors (Lipinski definition) is 2. The summed E-state index contributed by atoms with van der Waals surface area (Å²) in [4.78, 5) is 23.2. The molecule has 0 bridgehead atoms. The zero-order chi connectivity index (χ0) is 10.8. The van der Waals surface area contributed by atoms with Gasteiger partial charge in [-0.3, -0.25) is 4.79 Å². The van der Waals surface area contributed by atoms with E-state index in [-0.39, 0.29) is 11.5 Å². The molecule has 0 saturated heterocycles. The van der Waals surface area contributed by atoms with Crippen molar-refractivity contribution in [3.63, 3.8) is 0 Å². The maximum absolute atomic E-state index is 11.4. The first-order valence-corrected chi connectivity index (χ1v) is 5.70. The Kier molecular flexibility index (Phi) is 2.73. The Morgan fingerprint density at radius 1 is 1.40 bits per heavy atom. The number of aryl methyl sites for hydroxylation is 1. The molecule has 1 aromatic heterocycles. The van der Waals surface area contributed by atoms with Gasteiger partial charge in [-0.1, -0.05) is 0 Å². The van der Waals surface area contributed by atoms with Gasteiger partial charge in [-0.05, 0) is 19.3 Å². The first kappa shape index (κ1) is 10.2. The minimum Gasteiger partial charge on any atom is -0.478 e. The molecule has 1 aliphatic rings. The van der Waals surface area contributed by atoms with Crippen LogP contribution in [0.15, 0.2) is 5.38 Å². The fourth-order valence-electron chi connectivity index (χ4n) is 1.65. The van der Waals surface area contributed by atoms with E-state index in [0.29, 0.717) is 12.1 Å². The number of aromatic carboxylic acids is 1. The predicted octanol–water partition coefficient (Wildman–Crippen LogP) is 2.11. The van der Waals surface area contributed by atoms with Gasteiger partial charge in [0.1, 0.15) is 0 Å². The minimum absolute atomic E-state index is 0.0862.